The van der Waals surface area contributed by atoms with E-state index in [1.165, 1.54) is 11.0 Å². The number of hydrogen-bond acceptors (Lipinski definition) is 5. The molecule has 1 aliphatic heterocycles. The van der Waals surface area contributed by atoms with E-state index in [1.54, 1.807) is 18.2 Å². The van der Waals surface area contributed by atoms with Gasteiger partial charge in [-0.1, -0.05) is 41.9 Å². The zero-order chi connectivity index (χ0) is 20.3. The Bertz CT molecular complexity index is 988. The normalized spacial score (nSPS) is 15.4. The second-order valence-corrected chi connectivity index (χ2v) is 7.47. The van der Waals surface area contributed by atoms with Crippen LogP contribution >= 0.6 is 23.4 Å². The van der Waals surface area contributed by atoms with Gasteiger partial charge in [-0.05, 0) is 53.6 Å². The average molecular weight is 418 g/mol. The van der Waals surface area contributed by atoms with Crippen LogP contribution in [0.5, 0.6) is 5.75 Å². The van der Waals surface area contributed by atoms with Crippen molar-refractivity contribution in [1.29, 1.82) is 0 Å². The summed E-state index contributed by atoms with van der Waals surface area (Å²) in [6, 6.07) is 12.3. The molecule has 3 rings (SSSR count). The molecule has 0 unspecified atom stereocenters. The van der Waals surface area contributed by atoms with Crippen molar-refractivity contribution in [2.45, 2.75) is 13.5 Å². The minimum Gasteiger partial charge on any atom is -0.480 e. The zero-order valence-electron chi connectivity index (χ0n) is 14.8. The van der Waals surface area contributed by atoms with Gasteiger partial charge < -0.3 is 9.84 Å². The number of ether oxygens (including phenoxy) is 1. The van der Waals surface area contributed by atoms with Crippen LogP contribution in [-0.2, 0) is 16.1 Å². The quantitative estimate of drug-likeness (QED) is 0.703. The summed E-state index contributed by atoms with van der Waals surface area (Å²) < 4.78 is 5.07. The lowest BCUT2D eigenvalue weighted by Crippen LogP contribution is -2.27. The molecular weight excluding hydrogens is 402 g/mol. The molecule has 0 atom stereocenters. The van der Waals surface area contributed by atoms with Crippen molar-refractivity contribution in [1.82, 2.24) is 4.90 Å². The standard InChI is InChI=1S/C20H16ClNO5S/c1-12-4-2-3-5-14(12)10-22-19(25)17(28-20(22)26)9-13-6-7-16(15(21)8-13)27-11-18(23)24/h2-9H,10-11H2,1H3,(H,23,24)/b17-9-. The fraction of sp³-hybridized carbons (Fsp3) is 0.150. The molecule has 1 heterocycles. The van der Waals surface area contributed by atoms with E-state index < -0.39 is 12.6 Å². The maximum atomic E-state index is 12.7. The smallest absolute Gasteiger partial charge is 0.341 e. The summed E-state index contributed by atoms with van der Waals surface area (Å²) in [5, 5.41) is 8.55. The number of imide groups is 1. The molecule has 2 aromatic carbocycles. The number of nitrogens with zero attached hydrogens (tertiary/aromatic N) is 1. The summed E-state index contributed by atoms with van der Waals surface area (Å²) in [5.74, 6) is -1.24. The Morgan fingerprint density at radius 1 is 1.25 bits per heavy atom. The highest BCUT2D eigenvalue weighted by molar-refractivity contribution is 8.18. The molecule has 144 valence electrons. The van der Waals surface area contributed by atoms with Crippen molar-refractivity contribution in [3.63, 3.8) is 0 Å². The van der Waals surface area contributed by atoms with E-state index >= 15 is 0 Å². The van der Waals surface area contributed by atoms with Crippen LogP contribution in [0.1, 0.15) is 16.7 Å². The number of hydrogen-bond donors (Lipinski definition) is 1. The number of carbonyl (C=O) groups excluding carboxylic acids is 2. The van der Waals surface area contributed by atoms with Crippen molar-refractivity contribution >= 4 is 46.6 Å². The predicted molar refractivity (Wildman–Crippen MR) is 107 cm³/mol. The van der Waals surface area contributed by atoms with Gasteiger partial charge in [0.1, 0.15) is 5.75 Å². The molecule has 0 spiro atoms. The Morgan fingerprint density at radius 2 is 2.00 bits per heavy atom. The number of carbonyl (C=O) groups is 3. The first kappa shape index (κ1) is 20.0. The minimum atomic E-state index is -1.11. The van der Waals surface area contributed by atoms with E-state index in [2.05, 4.69) is 0 Å². The van der Waals surface area contributed by atoms with Gasteiger partial charge in [0.25, 0.3) is 11.1 Å². The van der Waals surface area contributed by atoms with E-state index in [0.717, 1.165) is 22.9 Å². The lowest BCUT2D eigenvalue weighted by molar-refractivity contribution is -0.139. The molecule has 0 aliphatic carbocycles. The summed E-state index contributed by atoms with van der Waals surface area (Å²) in [4.78, 5) is 37.0. The highest BCUT2D eigenvalue weighted by atomic mass is 35.5. The van der Waals surface area contributed by atoms with Gasteiger partial charge in [0, 0.05) is 0 Å². The number of aryl methyl sites for hydroxylation is 1. The number of thioether (sulfide) groups is 1. The Kier molecular flexibility index (Phi) is 6.06. The number of aliphatic carboxylic acids is 1. The Hall–Kier alpha value is -2.77. The van der Waals surface area contributed by atoms with Gasteiger partial charge in [-0.15, -0.1) is 0 Å². The highest BCUT2D eigenvalue weighted by Gasteiger charge is 2.35. The highest BCUT2D eigenvalue weighted by Crippen LogP contribution is 2.34. The van der Waals surface area contributed by atoms with Crippen LogP contribution in [0.4, 0.5) is 4.79 Å². The molecule has 1 saturated heterocycles. The van der Waals surface area contributed by atoms with Crippen molar-refractivity contribution in [3.8, 4) is 5.75 Å². The second kappa shape index (κ2) is 8.50. The number of carboxylic acid groups (broad SMARTS) is 1. The van der Waals surface area contributed by atoms with Crippen molar-refractivity contribution in [3.05, 3.63) is 69.1 Å². The summed E-state index contributed by atoms with van der Waals surface area (Å²) in [6.45, 7) is 1.65. The molecule has 1 fully saturated rings. The Balaban J connectivity index is 1.77. The number of benzene rings is 2. The maximum Gasteiger partial charge on any atom is 0.341 e. The number of rotatable bonds is 6. The molecule has 28 heavy (non-hydrogen) atoms. The van der Waals surface area contributed by atoms with Crippen LogP contribution in [0, 0.1) is 6.92 Å². The van der Waals surface area contributed by atoms with Crippen LogP contribution in [-0.4, -0.2) is 33.7 Å². The Morgan fingerprint density at radius 3 is 2.68 bits per heavy atom. The SMILES string of the molecule is Cc1ccccc1CN1C(=O)S/C(=C\c2ccc(OCC(=O)O)c(Cl)c2)C1=O. The van der Waals surface area contributed by atoms with Crippen LogP contribution in [0.25, 0.3) is 6.08 Å². The summed E-state index contributed by atoms with van der Waals surface area (Å²) in [5.41, 5.74) is 2.53. The monoisotopic (exact) mass is 417 g/mol. The van der Waals surface area contributed by atoms with E-state index in [9.17, 15) is 14.4 Å². The fourth-order valence-corrected chi connectivity index (χ4v) is 3.69. The zero-order valence-corrected chi connectivity index (χ0v) is 16.4. The average Bonchev–Trinajstić information content (AvgIpc) is 2.90. The van der Waals surface area contributed by atoms with Gasteiger partial charge in [-0.25, -0.2) is 4.79 Å². The molecule has 0 aromatic heterocycles. The summed E-state index contributed by atoms with van der Waals surface area (Å²) in [6.07, 6.45) is 1.58. The topological polar surface area (TPSA) is 83.9 Å². The molecule has 6 nitrogen and oxygen atoms in total. The largest absolute Gasteiger partial charge is 0.480 e. The lowest BCUT2D eigenvalue weighted by atomic mass is 10.1. The van der Waals surface area contributed by atoms with Crippen molar-refractivity contribution in [2.75, 3.05) is 6.61 Å². The van der Waals surface area contributed by atoms with Crippen molar-refractivity contribution < 1.29 is 24.2 Å². The van der Waals surface area contributed by atoms with E-state index in [4.69, 9.17) is 21.4 Å². The lowest BCUT2D eigenvalue weighted by Gasteiger charge is -2.14. The van der Waals surface area contributed by atoms with Gasteiger partial charge in [-0.3, -0.25) is 14.5 Å². The van der Waals surface area contributed by atoms with Gasteiger partial charge in [0.15, 0.2) is 6.61 Å². The summed E-state index contributed by atoms with van der Waals surface area (Å²) in [7, 11) is 0. The third kappa shape index (κ3) is 4.55. The third-order valence-electron chi connectivity index (χ3n) is 4.07. The number of halogens is 1. The Labute approximate surface area is 170 Å². The fourth-order valence-electron chi connectivity index (χ4n) is 2.61. The second-order valence-electron chi connectivity index (χ2n) is 6.07. The predicted octanol–water partition coefficient (Wildman–Crippen LogP) is 4.35. The van der Waals surface area contributed by atoms with Gasteiger partial charge >= 0.3 is 5.97 Å². The van der Waals surface area contributed by atoms with Crippen LogP contribution < -0.4 is 4.74 Å². The molecule has 1 N–H and O–H groups in total. The van der Waals surface area contributed by atoms with Gasteiger partial charge in [-0.2, -0.15) is 0 Å². The molecule has 0 saturated carbocycles. The van der Waals surface area contributed by atoms with Gasteiger partial charge in [0.05, 0.1) is 16.5 Å². The summed E-state index contributed by atoms with van der Waals surface area (Å²) >= 11 is 6.97. The first-order valence-electron chi connectivity index (χ1n) is 8.29. The molecule has 2 aromatic rings. The molecular formula is C20H16ClNO5S. The number of amides is 2. The van der Waals surface area contributed by atoms with Crippen LogP contribution in [0.15, 0.2) is 47.4 Å². The third-order valence-corrected chi connectivity index (χ3v) is 5.27. The van der Waals surface area contributed by atoms with Gasteiger partial charge in [0.2, 0.25) is 0 Å². The molecule has 1 aliphatic rings. The molecule has 8 heteroatoms. The first-order chi connectivity index (χ1) is 13.3. The van der Waals surface area contributed by atoms with E-state index in [-0.39, 0.29) is 28.5 Å². The molecule has 0 radical (unpaired) electrons. The first-order valence-corrected chi connectivity index (χ1v) is 9.48. The van der Waals surface area contributed by atoms with E-state index in [0.29, 0.717) is 10.5 Å². The molecule has 0 bridgehead atoms. The van der Waals surface area contributed by atoms with E-state index in [1.807, 2.05) is 31.2 Å². The van der Waals surface area contributed by atoms with Crippen LogP contribution in [0.3, 0.4) is 0 Å². The van der Waals surface area contributed by atoms with Crippen molar-refractivity contribution in [2.24, 2.45) is 0 Å². The molecule has 2 amide bonds. The van der Waals surface area contributed by atoms with Crippen LogP contribution in [0.2, 0.25) is 5.02 Å². The number of carboxylic acids is 1. The maximum absolute atomic E-state index is 12.7. The minimum absolute atomic E-state index is 0.217.